The number of nitrogens with two attached hydrogens (primary N) is 1. The third-order valence-electron chi connectivity index (χ3n) is 2.79. The fourth-order valence-electron chi connectivity index (χ4n) is 1.96. The van der Waals surface area contributed by atoms with Gasteiger partial charge in [0.1, 0.15) is 5.75 Å². The fourth-order valence-corrected chi connectivity index (χ4v) is 1.96. The van der Waals surface area contributed by atoms with Crippen LogP contribution in [0.3, 0.4) is 0 Å². The third kappa shape index (κ3) is 5.36. The van der Waals surface area contributed by atoms with Crippen LogP contribution in [0.25, 0.3) is 0 Å². The van der Waals surface area contributed by atoms with Gasteiger partial charge in [0.2, 0.25) is 0 Å². The van der Waals surface area contributed by atoms with E-state index in [9.17, 15) is 13.2 Å². The minimum absolute atomic E-state index is 0.0382. The normalized spacial score (nSPS) is 11.9. The van der Waals surface area contributed by atoms with Crippen molar-refractivity contribution in [1.29, 1.82) is 0 Å². The first-order valence-corrected chi connectivity index (χ1v) is 6.15. The van der Waals surface area contributed by atoms with Gasteiger partial charge in [-0.05, 0) is 17.7 Å². The molecule has 1 rings (SSSR count). The second-order valence-electron chi connectivity index (χ2n) is 4.40. The van der Waals surface area contributed by atoms with Crippen LogP contribution in [0.1, 0.15) is 11.1 Å². The number of hydrogen-bond donors (Lipinski definition) is 2. The minimum Gasteiger partial charge on any atom is -0.496 e. The summed E-state index contributed by atoms with van der Waals surface area (Å²) in [6.45, 7) is -1.08. The molecule has 0 aromatic heterocycles. The van der Waals surface area contributed by atoms with E-state index in [4.69, 9.17) is 15.6 Å². The molecule has 0 fully saturated rings. The average molecular weight is 292 g/mol. The van der Waals surface area contributed by atoms with Crippen LogP contribution in [0, 0.1) is 0 Å². The lowest BCUT2D eigenvalue weighted by Gasteiger charge is -2.23. The Hall–Kier alpha value is -1.31. The van der Waals surface area contributed by atoms with E-state index in [1.165, 1.54) is 7.11 Å². The number of halogens is 3. The van der Waals surface area contributed by atoms with Gasteiger partial charge in [-0.2, -0.15) is 13.2 Å². The summed E-state index contributed by atoms with van der Waals surface area (Å²) in [5.41, 5.74) is 7.01. The maximum Gasteiger partial charge on any atom is 0.401 e. The summed E-state index contributed by atoms with van der Waals surface area (Å²) in [6, 6.07) is 5.10. The molecule has 3 N–H and O–H groups in total. The van der Waals surface area contributed by atoms with Crippen molar-refractivity contribution in [1.82, 2.24) is 4.90 Å². The molecule has 1 aromatic carbocycles. The van der Waals surface area contributed by atoms with Gasteiger partial charge in [-0.1, -0.05) is 6.07 Å². The lowest BCUT2D eigenvalue weighted by molar-refractivity contribution is -0.147. The van der Waals surface area contributed by atoms with Crippen LogP contribution in [0.2, 0.25) is 0 Å². The molecule has 0 saturated heterocycles. The monoisotopic (exact) mass is 292 g/mol. The first-order valence-electron chi connectivity index (χ1n) is 6.15. The molecule has 0 unspecified atom stereocenters. The van der Waals surface area contributed by atoms with Crippen LogP contribution < -0.4 is 10.5 Å². The van der Waals surface area contributed by atoms with Crippen molar-refractivity contribution in [3.05, 3.63) is 29.3 Å². The Morgan fingerprint density at radius 3 is 2.55 bits per heavy atom. The topological polar surface area (TPSA) is 58.7 Å². The number of ether oxygens (including phenoxy) is 1. The van der Waals surface area contributed by atoms with Crippen molar-refractivity contribution < 1.29 is 23.0 Å². The molecule has 0 aliphatic rings. The lowest BCUT2D eigenvalue weighted by atomic mass is 10.1. The zero-order chi connectivity index (χ0) is 15.2. The van der Waals surface area contributed by atoms with E-state index in [1.807, 2.05) is 0 Å². The van der Waals surface area contributed by atoms with Gasteiger partial charge in [-0.25, -0.2) is 0 Å². The highest BCUT2D eigenvalue weighted by atomic mass is 19.4. The molecular formula is C13H19F3N2O2. The number of hydrogen-bond acceptors (Lipinski definition) is 4. The van der Waals surface area contributed by atoms with Crippen LogP contribution in [0.4, 0.5) is 13.2 Å². The molecule has 0 aliphatic heterocycles. The zero-order valence-electron chi connectivity index (χ0n) is 11.3. The Labute approximate surface area is 115 Å². The highest BCUT2D eigenvalue weighted by Gasteiger charge is 2.30. The summed E-state index contributed by atoms with van der Waals surface area (Å²) >= 11 is 0. The molecule has 114 valence electrons. The molecule has 0 radical (unpaired) electrons. The van der Waals surface area contributed by atoms with E-state index >= 15 is 0 Å². The van der Waals surface area contributed by atoms with E-state index in [1.54, 1.807) is 18.2 Å². The van der Waals surface area contributed by atoms with Crippen LogP contribution in [0.5, 0.6) is 5.75 Å². The first-order chi connectivity index (χ1) is 9.39. The second kappa shape index (κ2) is 7.47. The number of methoxy groups -OCH3 is 1. The number of alkyl halides is 3. The Kier molecular flexibility index (Phi) is 6.25. The molecule has 0 atom stereocenters. The number of rotatable bonds is 7. The van der Waals surface area contributed by atoms with E-state index < -0.39 is 12.7 Å². The number of nitrogens with zero attached hydrogens (tertiary/aromatic N) is 1. The summed E-state index contributed by atoms with van der Waals surface area (Å²) in [4.78, 5) is 1.14. The Balaban J connectivity index is 2.82. The van der Waals surface area contributed by atoms with E-state index in [0.717, 1.165) is 10.5 Å². The zero-order valence-corrected chi connectivity index (χ0v) is 11.3. The number of benzene rings is 1. The molecule has 0 aliphatic carbocycles. The minimum atomic E-state index is -4.29. The molecule has 20 heavy (non-hydrogen) atoms. The highest BCUT2D eigenvalue weighted by molar-refractivity contribution is 5.37. The van der Waals surface area contributed by atoms with Gasteiger partial charge in [0, 0.05) is 25.2 Å². The van der Waals surface area contributed by atoms with Gasteiger partial charge in [0.05, 0.1) is 20.3 Å². The predicted octanol–water partition coefficient (Wildman–Crippen LogP) is 1.51. The Bertz CT molecular complexity index is 425. The number of aliphatic hydroxyl groups is 1. The van der Waals surface area contributed by atoms with Gasteiger partial charge >= 0.3 is 6.18 Å². The summed E-state index contributed by atoms with van der Waals surface area (Å²) in [5.74, 6) is 0.612. The fraction of sp³-hybridized carbons (Fsp3) is 0.538. The van der Waals surface area contributed by atoms with Gasteiger partial charge in [0.15, 0.2) is 0 Å². The largest absolute Gasteiger partial charge is 0.496 e. The Morgan fingerprint density at radius 2 is 2.05 bits per heavy atom. The first kappa shape index (κ1) is 16.7. The van der Waals surface area contributed by atoms with E-state index in [2.05, 4.69) is 0 Å². The van der Waals surface area contributed by atoms with Crippen LogP contribution in [0.15, 0.2) is 18.2 Å². The van der Waals surface area contributed by atoms with Gasteiger partial charge in [-0.15, -0.1) is 0 Å². The standard InChI is InChI=1S/C13H19F3N2O2/c1-20-12-3-2-10(6-11(12)7-17)8-18(4-5-19)9-13(14,15)16/h2-3,6,19H,4-5,7-9,17H2,1H3. The lowest BCUT2D eigenvalue weighted by Crippen LogP contribution is -2.35. The molecule has 1 aromatic rings. The maximum absolute atomic E-state index is 12.4. The van der Waals surface area contributed by atoms with Crippen LogP contribution in [-0.4, -0.2) is 43.0 Å². The third-order valence-corrected chi connectivity index (χ3v) is 2.79. The van der Waals surface area contributed by atoms with Crippen molar-refractivity contribution >= 4 is 0 Å². The molecule has 4 nitrogen and oxygen atoms in total. The summed E-state index contributed by atoms with van der Waals surface area (Å²) in [5, 5.41) is 8.85. The molecule has 0 heterocycles. The van der Waals surface area contributed by atoms with Gasteiger partial charge < -0.3 is 15.6 Å². The van der Waals surface area contributed by atoms with E-state index in [0.29, 0.717) is 11.3 Å². The molecule has 0 saturated carbocycles. The molecule has 0 amide bonds. The number of aliphatic hydroxyl groups excluding tert-OH is 1. The Morgan fingerprint density at radius 1 is 1.35 bits per heavy atom. The molecule has 0 bridgehead atoms. The maximum atomic E-state index is 12.4. The van der Waals surface area contributed by atoms with Crippen LogP contribution in [-0.2, 0) is 13.1 Å². The van der Waals surface area contributed by atoms with Crippen molar-refractivity contribution in [2.45, 2.75) is 19.3 Å². The summed E-state index contributed by atoms with van der Waals surface area (Å²) in [7, 11) is 1.51. The second-order valence-corrected chi connectivity index (χ2v) is 4.40. The highest BCUT2D eigenvalue weighted by Crippen LogP contribution is 2.22. The van der Waals surface area contributed by atoms with E-state index in [-0.39, 0.29) is 26.2 Å². The van der Waals surface area contributed by atoms with Gasteiger partial charge in [0.25, 0.3) is 0 Å². The smallest absolute Gasteiger partial charge is 0.401 e. The van der Waals surface area contributed by atoms with Crippen molar-refractivity contribution in [2.24, 2.45) is 5.73 Å². The van der Waals surface area contributed by atoms with Crippen LogP contribution >= 0.6 is 0 Å². The van der Waals surface area contributed by atoms with Crippen molar-refractivity contribution in [3.63, 3.8) is 0 Å². The SMILES string of the molecule is COc1ccc(CN(CCO)CC(F)(F)F)cc1CN. The summed E-state index contributed by atoms with van der Waals surface area (Å²) in [6.07, 6.45) is -4.29. The molecule has 7 heteroatoms. The average Bonchev–Trinajstić information content (AvgIpc) is 2.37. The van der Waals surface area contributed by atoms with Crippen molar-refractivity contribution in [2.75, 3.05) is 26.8 Å². The predicted molar refractivity (Wildman–Crippen MR) is 69.3 cm³/mol. The summed E-state index contributed by atoms with van der Waals surface area (Å²) < 4.78 is 42.4. The van der Waals surface area contributed by atoms with Gasteiger partial charge in [-0.3, -0.25) is 4.90 Å². The quantitative estimate of drug-likeness (QED) is 0.800. The van der Waals surface area contributed by atoms with Crippen molar-refractivity contribution in [3.8, 4) is 5.75 Å². The molecular weight excluding hydrogens is 273 g/mol. The molecule has 0 spiro atoms.